The van der Waals surface area contributed by atoms with Gasteiger partial charge in [-0.2, -0.15) is 18.3 Å². The molecule has 2 heterocycles. The molecule has 0 aliphatic carbocycles. The summed E-state index contributed by atoms with van der Waals surface area (Å²) < 4.78 is 52.0. The minimum Gasteiger partial charge on any atom is -0.481 e. The largest absolute Gasteiger partial charge is 0.490 e. The second-order valence-electron chi connectivity index (χ2n) is 5.59. The number of pyridine rings is 1. The van der Waals surface area contributed by atoms with Crippen molar-refractivity contribution in [2.45, 2.75) is 12.7 Å². The maximum atomic E-state index is 13.6. The van der Waals surface area contributed by atoms with E-state index in [0.717, 1.165) is 22.4 Å². The highest BCUT2D eigenvalue weighted by atomic mass is 19.4. The van der Waals surface area contributed by atoms with Gasteiger partial charge in [0.2, 0.25) is 5.88 Å². The minimum absolute atomic E-state index is 0.293. The van der Waals surface area contributed by atoms with Crippen molar-refractivity contribution in [3.63, 3.8) is 0 Å². The zero-order valence-corrected chi connectivity index (χ0v) is 15.0. The number of rotatable bonds is 4. The van der Waals surface area contributed by atoms with E-state index in [2.05, 4.69) is 10.1 Å². The Balaban J connectivity index is 0.000000370. The Bertz CT molecular complexity index is 972. The van der Waals surface area contributed by atoms with E-state index >= 15 is 0 Å². The number of nitrogens with two attached hydrogens (primary N) is 1. The molecule has 0 fully saturated rings. The van der Waals surface area contributed by atoms with Gasteiger partial charge in [-0.15, -0.1) is 0 Å². The van der Waals surface area contributed by atoms with Crippen LogP contribution in [0.2, 0.25) is 0 Å². The summed E-state index contributed by atoms with van der Waals surface area (Å²) in [6, 6.07) is 8.36. The van der Waals surface area contributed by atoms with Crippen molar-refractivity contribution in [2.75, 3.05) is 7.11 Å². The molecule has 0 aliphatic heterocycles. The topological polar surface area (TPSA) is 103 Å². The fourth-order valence-electron chi connectivity index (χ4n) is 2.18. The standard InChI is InChI=1S/C16H15FN4O.C2HF3O2/c1-22-16-3-2-15(9-19-16)21-10-13(8-20-21)12-4-11(7-18)5-14(17)6-12;3-2(4,5)1(6)7/h2-6,8-10H,7,18H2,1H3;(H,6,7). The minimum atomic E-state index is -5.08. The predicted octanol–water partition coefficient (Wildman–Crippen LogP) is 3.17. The predicted molar refractivity (Wildman–Crippen MR) is 94.9 cm³/mol. The summed E-state index contributed by atoms with van der Waals surface area (Å²) in [7, 11) is 1.56. The molecule has 7 nitrogen and oxygen atoms in total. The summed E-state index contributed by atoms with van der Waals surface area (Å²) in [5.74, 6) is -2.53. The smallest absolute Gasteiger partial charge is 0.481 e. The molecular weight excluding hydrogens is 396 g/mol. The third-order valence-corrected chi connectivity index (χ3v) is 3.55. The molecule has 0 aliphatic rings. The van der Waals surface area contributed by atoms with Crippen LogP contribution in [0.4, 0.5) is 17.6 Å². The molecule has 2 aromatic heterocycles. The molecule has 3 N–H and O–H groups in total. The van der Waals surface area contributed by atoms with Gasteiger partial charge in [-0.1, -0.05) is 0 Å². The molecule has 154 valence electrons. The molecule has 0 radical (unpaired) electrons. The van der Waals surface area contributed by atoms with Crippen molar-refractivity contribution in [1.82, 2.24) is 14.8 Å². The SMILES string of the molecule is COc1ccc(-n2cc(-c3cc(F)cc(CN)c3)cn2)cn1.O=C(O)C(F)(F)F. The lowest BCUT2D eigenvalue weighted by atomic mass is 10.1. The van der Waals surface area contributed by atoms with Gasteiger partial charge in [0.15, 0.2) is 0 Å². The van der Waals surface area contributed by atoms with E-state index in [4.69, 9.17) is 20.4 Å². The zero-order valence-electron chi connectivity index (χ0n) is 15.0. The number of aliphatic carboxylic acids is 1. The first kappa shape index (κ1) is 21.8. The number of nitrogens with zero attached hydrogens (tertiary/aromatic N) is 3. The molecule has 0 unspecified atom stereocenters. The number of carboxylic acid groups (broad SMARTS) is 1. The van der Waals surface area contributed by atoms with Crippen molar-refractivity contribution in [3.8, 4) is 22.7 Å². The fraction of sp³-hybridized carbons (Fsp3) is 0.167. The van der Waals surface area contributed by atoms with E-state index in [-0.39, 0.29) is 5.82 Å². The van der Waals surface area contributed by atoms with Crippen LogP contribution in [0.25, 0.3) is 16.8 Å². The summed E-state index contributed by atoms with van der Waals surface area (Å²) in [5, 5.41) is 11.4. The fourth-order valence-corrected chi connectivity index (χ4v) is 2.18. The third kappa shape index (κ3) is 6.01. The molecule has 0 saturated carbocycles. The number of carboxylic acids is 1. The number of aromatic nitrogens is 3. The van der Waals surface area contributed by atoms with Crippen molar-refractivity contribution in [1.29, 1.82) is 0 Å². The first-order valence-corrected chi connectivity index (χ1v) is 7.99. The Labute approximate surface area is 162 Å². The van der Waals surface area contributed by atoms with Gasteiger partial charge >= 0.3 is 12.1 Å². The molecule has 11 heteroatoms. The van der Waals surface area contributed by atoms with Crippen LogP contribution in [-0.4, -0.2) is 39.1 Å². The second kappa shape index (κ2) is 9.15. The summed E-state index contributed by atoms with van der Waals surface area (Å²) in [6.07, 6.45) is 0.0738. The van der Waals surface area contributed by atoms with Crippen LogP contribution < -0.4 is 10.5 Å². The maximum Gasteiger partial charge on any atom is 0.490 e. The molecule has 1 aromatic carbocycles. The highest BCUT2D eigenvalue weighted by molar-refractivity contribution is 5.73. The van der Waals surface area contributed by atoms with Gasteiger partial charge in [0, 0.05) is 24.4 Å². The molecule has 0 saturated heterocycles. The van der Waals surface area contributed by atoms with E-state index in [9.17, 15) is 17.6 Å². The van der Waals surface area contributed by atoms with Gasteiger partial charge in [-0.05, 0) is 35.4 Å². The van der Waals surface area contributed by atoms with Crippen molar-refractivity contribution >= 4 is 5.97 Å². The van der Waals surface area contributed by atoms with Crippen LogP contribution in [0, 0.1) is 5.82 Å². The summed E-state index contributed by atoms with van der Waals surface area (Å²) in [4.78, 5) is 13.0. The van der Waals surface area contributed by atoms with Gasteiger partial charge < -0.3 is 15.6 Å². The lowest BCUT2D eigenvalue weighted by Gasteiger charge is -2.03. The van der Waals surface area contributed by atoms with Crippen LogP contribution >= 0.6 is 0 Å². The highest BCUT2D eigenvalue weighted by Gasteiger charge is 2.38. The number of ether oxygens (including phenoxy) is 1. The molecule has 0 spiro atoms. The monoisotopic (exact) mass is 412 g/mol. The van der Waals surface area contributed by atoms with E-state index in [1.165, 1.54) is 12.1 Å². The summed E-state index contributed by atoms with van der Waals surface area (Å²) in [6.45, 7) is 0.293. The van der Waals surface area contributed by atoms with Crippen LogP contribution in [0.15, 0.2) is 48.9 Å². The lowest BCUT2D eigenvalue weighted by Crippen LogP contribution is -2.21. The third-order valence-electron chi connectivity index (χ3n) is 3.55. The average molecular weight is 412 g/mol. The highest BCUT2D eigenvalue weighted by Crippen LogP contribution is 2.23. The summed E-state index contributed by atoms with van der Waals surface area (Å²) in [5.41, 5.74) is 8.67. The van der Waals surface area contributed by atoms with E-state index in [0.29, 0.717) is 12.4 Å². The Kier molecular flexibility index (Phi) is 6.89. The van der Waals surface area contributed by atoms with E-state index in [1.54, 1.807) is 30.3 Å². The number of hydrogen-bond donors (Lipinski definition) is 2. The molecule has 3 rings (SSSR count). The van der Waals surface area contributed by atoms with Crippen molar-refractivity contribution < 1.29 is 32.2 Å². The Morgan fingerprint density at radius 1 is 1.21 bits per heavy atom. The van der Waals surface area contributed by atoms with Crippen LogP contribution in [0.1, 0.15) is 5.56 Å². The Morgan fingerprint density at radius 3 is 2.41 bits per heavy atom. The number of carbonyl (C=O) groups is 1. The van der Waals surface area contributed by atoms with Crippen LogP contribution in [-0.2, 0) is 11.3 Å². The van der Waals surface area contributed by atoms with Gasteiger partial charge in [0.25, 0.3) is 0 Å². The number of alkyl halides is 3. The first-order chi connectivity index (χ1) is 13.6. The molecule has 29 heavy (non-hydrogen) atoms. The first-order valence-electron chi connectivity index (χ1n) is 7.99. The quantitative estimate of drug-likeness (QED) is 0.638. The number of benzene rings is 1. The average Bonchev–Trinajstić information content (AvgIpc) is 3.17. The van der Waals surface area contributed by atoms with Crippen molar-refractivity contribution in [2.24, 2.45) is 5.73 Å². The molecular formula is C18H16F4N4O3. The Morgan fingerprint density at radius 2 is 1.90 bits per heavy atom. The number of hydrogen-bond acceptors (Lipinski definition) is 5. The zero-order chi connectivity index (χ0) is 21.6. The molecule has 0 bridgehead atoms. The molecule has 0 atom stereocenters. The van der Waals surface area contributed by atoms with Gasteiger partial charge in [0.1, 0.15) is 5.82 Å². The number of methoxy groups -OCH3 is 1. The summed E-state index contributed by atoms with van der Waals surface area (Å²) >= 11 is 0. The maximum absolute atomic E-state index is 13.6. The van der Waals surface area contributed by atoms with E-state index in [1.807, 2.05) is 18.3 Å². The molecule has 0 amide bonds. The number of halogens is 4. The van der Waals surface area contributed by atoms with Crippen LogP contribution in [0.3, 0.4) is 0 Å². The van der Waals surface area contributed by atoms with Crippen LogP contribution in [0.5, 0.6) is 5.88 Å². The Hall–Kier alpha value is -3.47. The molecule has 3 aromatic rings. The lowest BCUT2D eigenvalue weighted by molar-refractivity contribution is -0.192. The van der Waals surface area contributed by atoms with Crippen molar-refractivity contribution in [3.05, 3.63) is 60.3 Å². The van der Waals surface area contributed by atoms with E-state index < -0.39 is 12.1 Å². The van der Waals surface area contributed by atoms with Gasteiger partial charge in [0.05, 0.1) is 25.2 Å². The van der Waals surface area contributed by atoms with Gasteiger partial charge in [-0.25, -0.2) is 18.9 Å². The van der Waals surface area contributed by atoms with Gasteiger partial charge in [-0.3, -0.25) is 0 Å². The second-order valence-corrected chi connectivity index (χ2v) is 5.59. The normalized spacial score (nSPS) is 10.8.